The number of hydrogen-bond acceptors (Lipinski definition) is 5. The molecule has 0 atom stereocenters. The van der Waals surface area contributed by atoms with Gasteiger partial charge in [-0.2, -0.15) is 0 Å². The van der Waals surface area contributed by atoms with E-state index in [4.69, 9.17) is 4.84 Å². The minimum atomic E-state index is -0.587. The van der Waals surface area contributed by atoms with Crippen LogP contribution >= 0.6 is 0 Å². The number of hydroxylamine groups is 1. The highest BCUT2D eigenvalue weighted by Gasteiger charge is 2.10. The molecule has 1 rings (SSSR count). The van der Waals surface area contributed by atoms with Gasteiger partial charge in [0.1, 0.15) is 6.20 Å². The zero-order valence-electron chi connectivity index (χ0n) is 8.75. The summed E-state index contributed by atoms with van der Waals surface area (Å²) in [6.45, 7) is 2.46. The third-order valence-corrected chi connectivity index (χ3v) is 1.73. The number of carbonyl (C=O) groups is 1. The van der Waals surface area contributed by atoms with Crippen molar-refractivity contribution in [2.75, 3.05) is 6.61 Å². The molecule has 1 amide bonds. The summed E-state index contributed by atoms with van der Waals surface area (Å²) in [5.74, 6) is -0.511. The van der Waals surface area contributed by atoms with Crippen molar-refractivity contribution in [3.05, 3.63) is 22.6 Å². The van der Waals surface area contributed by atoms with Gasteiger partial charge >= 0.3 is 5.82 Å². The molecule has 1 heterocycles. The quantitative estimate of drug-likeness (QED) is 0.555. The Balaban J connectivity index is 2.36. The first-order valence-electron chi connectivity index (χ1n) is 4.70. The van der Waals surface area contributed by atoms with Gasteiger partial charge in [-0.3, -0.25) is 9.63 Å². The van der Waals surface area contributed by atoms with Gasteiger partial charge in [-0.15, -0.1) is 0 Å². The van der Waals surface area contributed by atoms with E-state index >= 15 is 0 Å². The Hall–Kier alpha value is -1.96. The average Bonchev–Trinajstić information content (AvgIpc) is 2.72. The van der Waals surface area contributed by atoms with Crippen molar-refractivity contribution in [3.63, 3.8) is 0 Å². The first-order valence-corrected chi connectivity index (χ1v) is 4.70. The van der Waals surface area contributed by atoms with Crippen LogP contribution in [0.25, 0.3) is 0 Å². The lowest BCUT2D eigenvalue weighted by Gasteiger charge is -2.02. The van der Waals surface area contributed by atoms with Crippen LogP contribution in [-0.4, -0.2) is 27.0 Å². The van der Waals surface area contributed by atoms with Crippen molar-refractivity contribution in [3.8, 4) is 0 Å². The van der Waals surface area contributed by atoms with Gasteiger partial charge in [0.2, 0.25) is 12.2 Å². The molecular weight excluding hydrogens is 216 g/mol. The van der Waals surface area contributed by atoms with E-state index in [0.717, 1.165) is 0 Å². The van der Waals surface area contributed by atoms with Crippen molar-refractivity contribution in [1.29, 1.82) is 0 Å². The molecule has 1 aromatic heterocycles. The number of nitrogens with zero attached hydrogens (tertiary/aromatic N) is 3. The number of hydrogen-bond donors (Lipinski definition) is 1. The minimum Gasteiger partial charge on any atom is -0.358 e. The molecule has 8 heteroatoms. The second-order valence-corrected chi connectivity index (χ2v) is 2.94. The van der Waals surface area contributed by atoms with Gasteiger partial charge in [0.05, 0.1) is 6.61 Å². The van der Waals surface area contributed by atoms with Crippen molar-refractivity contribution < 1.29 is 14.6 Å². The lowest BCUT2D eigenvalue weighted by atomic mass is 10.4. The van der Waals surface area contributed by atoms with Crippen LogP contribution in [0.3, 0.4) is 0 Å². The Bertz CT molecular complexity index is 376. The summed E-state index contributed by atoms with van der Waals surface area (Å²) < 4.78 is 1.48. The van der Waals surface area contributed by atoms with Gasteiger partial charge in [-0.25, -0.2) is 5.48 Å². The number of nitro groups is 1. The highest BCUT2D eigenvalue weighted by Crippen LogP contribution is 2.05. The van der Waals surface area contributed by atoms with Crippen LogP contribution in [0.1, 0.15) is 13.3 Å². The molecule has 0 spiro atoms. The molecule has 0 saturated heterocycles. The predicted octanol–water partition coefficient (Wildman–Crippen LogP) is 0.249. The summed E-state index contributed by atoms with van der Waals surface area (Å²) in [6, 6.07) is 0. The van der Waals surface area contributed by atoms with E-state index in [0.29, 0.717) is 13.2 Å². The third-order valence-electron chi connectivity index (χ3n) is 1.73. The topological polar surface area (TPSA) is 99.3 Å². The molecule has 1 N–H and O–H groups in total. The molecule has 0 saturated carbocycles. The summed E-state index contributed by atoms with van der Waals surface area (Å²) in [5.41, 5.74) is 2.23. The molecule has 0 radical (unpaired) electrons. The van der Waals surface area contributed by atoms with E-state index < -0.39 is 4.92 Å². The third kappa shape index (κ3) is 3.65. The molecule has 8 nitrogen and oxygen atoms in total. The lowest BCUT2D eigenvalue weighted by Crippen LogP contribution is -2.24. The normalized spacial score (nSPS) is 10.1. The molecule has 88 valence electrons. The van der Waals surface area contributed by atoms with Crippen molar-refractivity contribution in [2.45, 2.75) is 19.9 Å². The molecule has 0 aliphatic carbocycles. The first-order chi connectivity index (χ1) is 7.63. The van der Waals surface area contributed by atoms with Crippen LogP contribution in [0, 0.1) is 10.1 Å². The van der Waals surface area contributed by atoms with Crippen molar-refractivity contribution >= 4 is 11.7 Å². The first kappa shape index (κ1) is 12.1. The fourth-order valence-electron chi connectivity index (χ4n) is 0.999. The van der Waals surface area contributed by atoms with Gasteiger partial charge < -0.3 is 14.7 Å². The summed E-state index contributed by atoms with van der Waals surface area (Å²) >= 11 is 0. The van der Waals surface area contributed by atoms with Crippen LogP contribution in [-0.2, 0) is 16.2 Å². The Kier molecular flexibility index (Phi) is 4.40. The van der Waals surface area contributed by atoms with Crippen LogP contribution in [0.2, 0.25) is 0 Å². The Morgan fingerprint density at radius 1 is 1.75 bits per heavy atom. The second-order valence-electron chi connectivity index (χ2n) is 2.94. The van der Waals surface area contributed by atoms with Gasteiger partial charge in [0.15, 0.2) is 0 Å². The van der Waals surface area contributed by atoms with Gasteiger partial charge in [0.25, 0.3) is 0 Å². The van der Waals surface area contributed by atoms with Crippen LogP contribution in [0.4, 0.5) is 5.82 Å². The van der Waals surface area contributed by atoms with Gasteiger partial charge in [-0.1, -0.05) is 0 Å². The fourth-order valence-corrected chi connectivity index (χ4v) is 0.999. The molecule has 0 aromatic carbocycles. The molecule has 16 heavy (non-hydrogen) atoms. The molecule has 0 bridgehead atoms. The SMILES string of the molecule is CCONC(=O)CCn1cnc([N+](=O)[O-])c1. The Morgan fingerprint density at radius 3 is 3.06 bits per heavy atom. The summed E-state index contributed by atoms with van der Waals surface area (Å²) in [5, 5.41) is 10.3. The van der Waals surface area contributed by atoms with Gasteiger partial charge in [-0.05, 0) is 16.8 Å². The maximum atomic E-state index is 11.1. The van der Waals surface area contributed by atoms with Crippen LogP contribution < -0.4 is 5.48 Å². The standard InChI is InChI=1S/C8H12N4O4/c1-2-16-10-8(13)3-4-11-5-7(9-6-11)12(14)15/h5-6H,2-4H2,1H3,(H,10,13). The Labute approximate surface area is 91.3 Å². The maximum absolute atomic E-state index is 11.1. The highest BCUT2D eigenvalue weighted by atomic mass is 16.6. The zero-order chi connectivity index (χ0) is 12.0. The van der Waals surface area contributed by atoms with E-state index in [1.165, 1.54) is 17.1 Å². The number of amides is 1. The number of nitrogens with one attached hydrogen (secondary N) is 1. The largest absolute Gasteiger partial charge is 0.381 e. The number of rotatable bonds is 6. The highest BCUT2D eigenvalue weighted by molar-refractivity contribution is 5.74. The van der Waals surface area contributed by atoms with E-state index in [-0.39, 0.29) is 18.1 Å². The van der Waals surface area contributed by atoms with Crippen LogP contribution in [0.5, 0.6) is 0 Å². The van der Waals surface area contributed by atoms with E-state index in [1.807, 2.05) is 0 Å². The monoisotopic (exact) mass is 228 g/mol. The van der Waals surface area contributed by atoms with Crippen molar-refractivity contribution in [1.82, 2.24) is 15.0 Å². The molecular formula is C8H12N4O4. The second kappa shape index (κ2) is 5.81. The fraction of sp³-hybridized carbons (Fsp3) is 0.500. The molecule has 1 aromatic rings. The molecule has 0 fully saturated rings. The smallest absolute Gasteiger partial charge is 0.358 e. The number of aromatic nitrogens is 2. The van der Waals surface area contributed by atoms with E-state index in [2.05, 4.69) is 10.5 Å². The van der Waals surface area contributed by atoms with E-state index in [1.54, 1.807) is 6.92 Å². The van der Waals surface area contributed by atoms with Crippen molar-refractivity contribution in [2.24, 2.45) is 0 Å². The summed E-state index contributed by atoms with van der Waals surface area (Å²) in [6.07, 6.45) is 2.76. The van der Waals surface area contributed by atoms with Crippen LogP contribution in [0.15, 0.2) is 12.5 Å². The molecule has 0 aliphatic rings. The number of aryl methyl sites for hydroxylation is 1. The molecule has 0 aliphatic heterocycles. The average molecular weight is 228 g/mol. The summed E-state index contributed by atoms with van der Waals surface area (Å²) in [7, 11) is 0. The zero-order valence-corrected chi connectivity index (χ0v) is 8.75. The maximum Gasteiger partial charge on any atom is 0.381 e. The van der Waals surface area contributed by atoms with E-state index in [9.17, 15) is 14.9 Å². The molecule has 0 unspecified atom stereocenters. The number of carbonyl (C=O) groups excluding carboxylic acids is 1. The van der Waals surface area contributed by atoms with Gasteiger partial charge in [0, 0.05) is 13.0 Å². The predicted molar refractivity (Wildman–Crippen MR) is 53.3 cm³/mol. The minimum absolute atomic E-state index is 0.174. The summed E-state index contributed by atoms with van der Waals surface area (Å²) in [4.78, 5) is 29.1. The lowest BCUT2D eigenvalue weighted by molar-refractivity contribution is -0.389. The Morgan fingerprint density at radius 2 is 2.50 bits per heavy atom. The number of imidazole rings is 1.